The summed E-state index contributed by atoms with van der Waals surface area (Å²) in [6.07, 6.45) is 0.443. The van der Waals surface area contributed by atoms with E-state index in [1.165, 1.54) is 13.2 Å². The van der Waals surface area contributed by atoms with Gasteiger partial charge < -0.3 is 9.64 Å². The Morgan fingerprint density at radius 1 is 1.53 bits per heavy atom. The summed E-state index contributed by atoms with van der Waals surface area (Å²) in [4.78, 5) is 13.5. The normalized spacial score (nSPS) is 19.9. The van der Waals surface area contributed by atoms with Crippen molar-refractivity contribution >= 4 is 43.5 Å². The van der Waals surface area contributed by atoms with E-state index in [-0.39, 0.29) is 10.7 Å². The predicted octanol–water partition coefficient (Wildman–Crippen LogP) is 3.10. The number of hydrogen-bond acceptors (Lipinski definition) is 2. The quantitative estimate of drug-likeness (QED) is 0.753. The summed E-state index contributed by atoms with van der Waals surface area (Å²) >= 11 is 6.52. The van der Waals surface area contributed by atoms with Crippen molar-refractivity contribution < 1.29 is 13.9 Å². The summed E-state index contributed by atoms with van der Waals surface area (Å²) < 4.78 is 18.8. The standard InChI is InChI=1S/C11H10Br2FNO2/c1-17-10-4-8(14)7(13)3-9(10)15-5-6(12)2-11(15)16/h3-4,6H,2,5H2,1H3. The summed E-state index contributed by atoms with van der Waals surface area (Å²) in [5.74, 6) is -0.0445. The van der Waals surface area contributed by atoms with Crippen molar-refractivity contribution in [3.8, 4) is 5.75 Å². The number of halogens is 3. The Hall–Kier alpha value is -0.620. The lowest BCUT2D eigenvalue weighted by molar-refractivity contribution is -0.117. The Labute approximate surface area is 115 Å². The second-order valence-corrected chi connectivity index (χ2v) is 5.89. The van der Waals surface area contributed by atoms with Gasteiger partial charge in [0.2, 0.25) is 5.91 Å². The number of rotatable bonds is 2. The molecule has 1 aromatic carbocycles. The monoisotopic (exact) mass is 365 g/mol. The van der Waals surface area contributed by atoms with Crippen LogP contribution in [0.2, 0.25) is 0 Å². The first-order chi connectivity index (χ1) is 8.02. The van der Waals surface area contributed by atoms with Gasteiger partial charge in [0.05, 0.1) is 17.3 Å². The third-order valence-corrected chi connectivity index (χ3v) is 3.81. The van der Waals surface area contributed by atoms with Gasteiger partial charge in [-0.3, -0.25) is 4.79 Å². The van der Waals surface area contributed by atoms with E-state index in [1.807, 2.05) is 0 Å². The fourth-order valence-corrected chi connectivity index (χ4v) is 2.69. The Bertz CT molecular complexity index is 467. The zero-order valence-electron chi connectivity index (χ0n) is 9.04. The number of benzene rings is 1. The number of alkyl halides is 1. The minimum Gasteiger partial charge on any atom is -0.494 e. The first kappa shape index (κ1) is 12.8. The molecule has 0 saturated carbocycles. The highest BCUT2D eigenvalue weighted by Gasteiger charge is 2.31. The molecule has 1 heterocycles. The van der Waals surface area contributed by atoms with Gasteiger partial charge in [-0.25, -0.2) is 4.39 Å². The number of hydrogen-bond donors (Lipinski definition) is 0. The maximum Gasteiger partial charge on any atom is 0.228 e. The van der Waals surface area contributed by atoms with E-state index < -0.39 is 5.82 Å². The van der Waals surface area contributed by atoms with Crippen LogP contribution in [0.3, 0.4) is 0 Å². The molecule has 0 aliphatic carbocycles. The summed E-state index contributed by atoms with van der Waals surface area (Å²) in [5.41, 5.74) is 0.590. The molecule has 1 amide bonds. The highest BCUT2D eigenvalue weighted by molar-refractivity contribution is 9.10. The molecular weight excluding hydrogens is 357 g/mol. The summed E-state index contributed by atoms with van der Waals surface area (Å²) in [7, 11) is 1.46. The lowest BCUT2D eigenvalue weighted by Gasteiger charge is -2.19. The highest BCUT2D eigenvalue weighted by Crippen LogP contribution is 2.36. The number of methoxy groups -OCH3 is 1. The van der Waals surface area contributed by atoms with Crippen molar-refractivity contribution in [2.75, 3.05) is 18.6 Å². The molecule has 92 valence electrons. The number of amides is 1. The van der Waals surface area contributed by atoms with Crippen LogP contribution in [0, 0.1) is 5.82 Å². The molecule has 1 unspecified atom stereocenters. The number of ether oxygens (including phenoxy) is 1. The fourth-order valence-electron chi connectivity index (χ4n) is 1.79. The van der Waals surface area contributed by atoms with Gasteiger partial charge in [-0.1, -0.05) is 15.9 Å². The molecule has 6 heteroatoms. The van der Waals surface area contributed by atoms with E-state index in [0.717, 1.165) is 0 Å². The van der Waals surface area contributed by atoms with Crippen LogP contribution >= 0.6 is 31.9 Å². The van der Waals surface area contributed by atoms with Gasteiger partial charge in [-0.15, -0.1) is 0 Å². The van der Waals surface area contributed by atoms with Crippen molar-refractivity contribution in [2.45, 2.75) is 11.2 Å². The van der Waals surface area contributed by atoms with Gasteiger partial charge in [0.25, 0.3) is 0 Å². The molecule has 0 N–H and O–H groups in total. The van der Waals surface area contributed by atoms with Crippen LogP contribution in [-0.2, 0) is 4.79 Å². The van der Waals surface area contributed by atoms with E-state index in [0.29, 0.717) is 28.9 Å². The van der Waals surface area contributed by atoms with Crippen LogP contribution in [0.1, 0.15) is 6.42 Å². The third kappa shape index (κ3) is 2.47. The SMILES string of the molecule is COc1cc(F)c(Br)cc1N1CC(Br)CC1=O. The lowest BCUT2D eigenvalue weighted by Crippen LogP contribution is -2.25. The lowest BCUT2D eigenvalue weighted by atomic mass is 10.2. The average molecular weight is 367 g/mol. The van der Waals surface area contributed by atoms with E-state index in [2.05, 4.69) is 31.9 Å². The Morgan fingerprint density at radius 3 is 2.76 bits per heavy atom. The van der Waals surface area contributed by atoms with E-state index in [9.17, 15) is 9.18 Å². The maximum atomic E-state index is 13.4. The zero-order valence-corrected chi connectivity index (χ0v) is 12.2. The summed E-state index contributed by atoms with van der Waals surface area (Å²) in [6.45, 7) is 0.563. The van der Waals surface area contributed by atoms with Crippen LogP contribution in [0.25, 0.3) is 0 Å². The number of carbonyl (C=O) groups excluding carboxylic acids is 1. The van der Waals surface area contributed by atoms with Crippen LogP contribution in [0.4, 0.5) is 10.1 Å². The molecule has 1 aliphatic heterocycles. The van der Waals surface area contributed by atoms with Crippen molar-refractivity contribution in [1.29, 1.82) is 0 Å². The van der Waals surface area contributed by atoms with E-state index in [4.69, 9.17) is 4.74 Å². The van der Waals surface area contributed by atoms with E-state index >= 15 is 0 Å². The number of nitrogens with zero attached hydrogens (tertiary/aromatic N) is 1. The molecule has 1 atom stereocenters. The van der Waals surface area contributed by atoms with Gasteiger partial charge in [0, 0.05) is 23.9 Å². The minimum atomic E-state index is -0.410. The number of carbonyl (C=O) groups is 1. The molecule has 1 fully saturated rings. The molecule has 1 aromatic rings. The van der Waals surface area contributed by atoms with E-state index in [1.54, 1.807) is 11.0 Å². The fraction of sp³-hybridized carbons (Fsp3) is 0.364. The van der Waals surface area contributed by atoms with Crippen molar-refractivity contribution in [2.24, 2.45) is 0 Å². The topological polar surface area (TPSA) is 29.5 Å². The average Bonchev–Trinajstić information content (AvgIpc) is 2.61. The highest BCUT2D eigenvalue weighted by atomic mass is 79.9. The molecule has 3 nitrogen and oxygen atoms in total. The van der Waals surface area contributed by atoms with Gasteiger partial charge in [-0.2, -0.15) is 0 Å². The zero-order chi connectivity index (χ0) is 12.6. The van der Waals surface area contributed by atoms with Crippen molar-refractivity contribution in [3.63, 3.8) is 0 Å². The second kappa shape index (κ2) is 4.94. The molecule has 0 spiro atoms. The molecule has 17 heavy (non-hydrogen) atoms. The van der Waals surface area contributed by atoms with Crippen molar-refractivity contribution in [3.05, 3.63) is 22.4 Å². The van der Waals surface area contributed by atoms with Crippen molar-refractivity contribution in [1.82, 2.24) is 0 Å². The molecule has 0 bridgehead atoms. The molecule has 2 rings (SSSR count). The largest absolute Gasteiger partial charge is 0.494 e. The maximum absolute atomic E-state index is 13.4. The smallest absolute Gasteiger partial charge is 0.228 e. The summed E-state index contributed by atoms with van der Waals surface area (Å²) in [5, 5.41) is 0. The Kier molecular flexibility index (Phi) is 3.73. The minimum absolute atomic E-state index is 0.00341. The second-order valence-electron chi connectivity index (χ2n) is 3.74. The van der Waals surface area contributed by atoms with Crippen LogP contribution in [0.5, 0.6) is 5.75 Å². The Morgan fingerprint density at radius 2 is 2.24 bits per heavy atom. The molecule has 0 aromatic heterocycles. The van der Waals surface area contributed by atoms with Gasteiger partial charge in [0.1, 0.15) is 11.6 Å². The molecule has 1 saturated heterocycles. The number of anilines is 1. The van der Waals surface area contributed by atoms with Crippen LogP contribution < -0.4 is 9.64 Å². The predicted molar refractivity (Wildman–Crippen MR) is 70.3 cm³/mol. The first-order valence-corrected chi connectivity index (χ1v) is 6.71. The van der Waals surface area contributed by atoms with Gasteiger partial charge >= 0.3 is 0 Å². The Balaban J connectivity index is 2.44. The van der Waals surface area contributed by atoms with Gasteiger partial charge in [-0.05, 0) is 22.0 Å². The van der Waals surface area contributed by atoms with Crippen LogP contribution in [-0.4, -0.2) is 24.4 Å². The van der Waals surface area contributed by atoms with Crippen LogP contribution in [0.15, 0.2) is 16.6 Å². The summed E-state index contributed by atoms with van der Waals surface area (Å²) in [6, 6.07) is 2.84. The molecular formula is C11H10Br2FNO2. The first-order valence-electron chi connectivity index (χ1n) is 5.00. The molecule has 0 radical (unpaired) electrons. The third-order valence-electron chi connectivity index (χ3n) is 2.59. The van der Waals surface area contributed by atoms with Gasteiger partial charge in [0.15, 0.2) is 0 Å². The molecule has 1 aliphatic rings.